The van der Waals surface area contributed by atoms with Crippen molar-refractivity contribution in [3.05, 3.63) is 45.2 Å². The van der Waals surface area contributed by atoms with E-state index in [0.29, 0.717) is 16.4 Å². The molecule has 0 aliphatic heterocycles. The quantitative estimate of drug-likeness (QED) is 0.656. The Morgan fingerprint density at radius 2 is 2.29 bits per heavy atom. The average Bonchev–Trinajstić information content (AvgIpc) is 2.77. The largest absolute Gasteiger partial charge is 0.325 e. The van der Waals surface area contributed by atoms with E-state index in [1.807, 2.05) is 0 Å². The zero-order valence-corrected chi connectivity index (χ0v) is 9.33. The van der Waals surface area contributed by atoms with E-state index < -0.39 is 4.92 Å². The maximum absolute atomic E-state index is 10.7. The molecule has 7 nitrogen and oxygen atoms in total. The monoisotopic (exact) mass is 253 g/mol. The predicted octanol–water partition coefficient (Wildman–Crippen LogP) is 1.29. The Kier molecular flexibility index (Phi) is 3.03. The first-order chi connectivity index (χ1) is 8.11. The summed E-state index contributed by atoms with van der Waals surface area (Å²) < 4.78 is 1.36. The van der Waals surface area contributed by atoms with Crippen molar-refractivity contribution in [1.29, 1.82) is 0 Å². The van der Waals surface area contributed by atoms with E-state index in [9.17, 15) is 10.1 Å². The van der Waals surface area contributed by atoms with Crippen LogP contribution in [0.25, 0.3) is 5.69 Å². The first kappa shape index (κ1) is 11.5. The minimum atomic E-state index is -0.499. The molecular formula is C9H8ClN5O2. The third-order valence-electron chi connectivity index (χ3n) is 2.14. The summed E-state index contributed by atoms with van der Waals surface area (Å²) in [7, 11) is 0. The summed E-state index contributed by atoms with van der Waals surface area (Å²) in [5.41, 5.74) is 6.31. The topological polar surface area (TPSA) is 99.9 Å². The number of rotatable bonds is 3. The number of nitro benzene ring substituents is 1. The molecule has 0 aliphatic rings. The average molecular weight is 254 g/mol. The van der Waals surface area contributed by atoms with Crippen LogP contribution in [0.1, 0.15) is 5.69 Å². The minimum absolute atomic E-state index is 0.0609. The molecule has 0 bridgehead atoms. The molecule has 2 rings (SSSR count). The van der Waals surface area contributed by atoms with Crippen LogP contribution >= 0.6 is 11.6 Å². The van der Waals surface area contributed by atoms with Crippen LogP contribution in [-0.4, -0.2) is 19.9 Å². The molecule has 0 atom stereocenters. The highest BCUT2D eigenvalue weighted by Gasteiger charge is 2.12. The van der Waals surface area contributed by atoms with Gasteiger partial charge in [0.15, 0.2) is 0 Å². The number of hydrogen-bond donors (Lipinski definition) is 1. The molecule has 0 saturated heterocycles. The molecule has 0 radical (unpaired) electrons. The highest BCUT2D eigenvalue weighted by atomic mass is 35.5. The van der Waals surface area contributed by atoms with Crippen LogP contribution in [0.4, 0.5) is 5.69 Å². The Labute approximate surface area is 101 Å². The molecule has 8 heteroatoms. The van der Waals surface area contributed by atoms with Crippen molar-refractivity contribution in [1.82, 2.24) is 15.0 Å². The molecule has 0 spiro atoms. The van der Waals surface area contributed by atoms with Crippen molar-refractivity contribution in [3.63, 3.8) is 0 Å². The van der Waals surface area contributed by atoms with E-state index in [0.717, 1.165) is 0 Å². The zero-order chi connectivity index (χ0) is 12.4. The van der Waals surface area contributed by atoms with Crippen LogP contribution in [-0.2, 0) is 6.54 Å². The zero-order valence-electron chi connectivity index (χ0n) is 8.58. The Morgan fingerprint density at radius 1 is 1.53 bits per heavy atom. The fourth-order valence-electron chi connectivity index (χ4n) is 1.30. The van der Waals surface area contributed by atoms with Gasteiger partial charge < -0.3 is 5.73 Å². The van der Waals surface area contributed by atoms with Crippen LogP contribution in [0.2, 0.25) is 5.02 Å². The van der Waals surface area contributed by atoms with E-state index in [1.54, 1.807) is 6.20 Å². The first-order valence-electron chi connectivity index (χ1n) is 4.67. The molecule has 88 valence electrons. The van der Waals surface area contributed by atoms with Gasteiger partial charge in [0, 0.05) is 18.7 Å². The lowest BCUT2D eigenvalue weighted by molar-refractivity contribution is -0.384. The van der Waals surface area contributed by atoms with Gasteiger partial charge in [0.2, 0.25) is 0 Å². The molecule has 0 unspecified atom stereocenters. The Balaban J connectivity index is 2.49. The number of halogens is 1. The highest BCUT2D eigenvalue weighted by molar-refractivity contribution is 6.32. The van der Waals surface area contributed by atoms with Crippen molar-refractivity contribution < 1.29 is 4.92 Å². The number of nitrogens with zero attached hydrogens (tertiary/aromatic N) is 4. The second-order valence-corrected chi connectivity index (χ2v) is 3.66. The summed E-state index contributed by atoms with van der Waals surface area (Å²) in [4.78, 5) is 10.2. The molecule has 2 aromatic rings. The smallest absolute Gasteiger partial charge is 0.271 e. The van der Waals surface area contributed by atoms with E-state index in [2.05, 4.69) is 10.3 Å². The van der Waals surface area contributed by atoms with Gasteiger partial charge in [-0.3, -0.25) is 10.1 Å². The third kappa shape index (κ3) is 2.24. The first-order valence-corrected chi connectivity index (χ1v) is 5.05. The summed E-state index contributed by atoms with van der Waals surface area (Å²) >= 11 is 5.95. The maximum atomic E-state index is 10.7. The van der Waals surface area contributed by atoms with Crippen LogP contribution in [0.5, 0.6) is 0 Å². The maximum Gasteiger partial charge on any atom is 0.271 e. The summed E-state index contributed by atoms with van der Waals surface area (Å²) in [6.07, 6.45) is 1.57. The number of aromatic nitrogens is 3. The lowest BCUT2D eigenvalue weighted by Gasteiger charge is -2.02. The SMILES string of the molecule is NCc1cn(-c2cc([N+](=O)[O-])ccc2Cl)nn1. The Hall–Kier alpha value is -1.99. The molecule has 1 aromatic carbocycles. The van der Waals surface area contributed by atoms with Crippen LogP contribution in [0, 0.1) is 10.1 Å². The second-order valence-electron chi connectivity index (χ2n) is 3.25. The van der Waals surface area contributed by atoms with Crippen LogP contribution in [0.3, 0.4) is 0 Å². The number of hydrogen-bond acceptors (Lipinski definition) is 5. The molecule has 0 saturated carbocycles. The summed E-state index contributed by atoms with van der Waals surface area (Å²) in [5.74, 6) is 0. The number of nitro groups is 1. The van der Waals surface area contributed by atoms with Gasteiger partial charge in [-0.15, -0.1) is 5.10 Å². The normalized spacial score (nSPS) is 10.5. The molecule has 2 N–H and O–H groups in total. The van der Waals surface area contributed by atoms with Gasteiger partial charge >= 0.3 is 0 Å². The third-order valence-corrected chi connectivity index (χ3v) is 2.46. The van der Waals surface area contributed by atoms with Crippen molar-refractivity contribution >= 4 is 17.3 Å². The van der Waals surface area contributed by atoms with E-state index in [-0.39, 0.29) is 12.2 Å². The fourth-order valence-corrected chi connectivity index (χ4v) is 1.50. The van der Waals surface area contributed by atoms with Crippen LogP contribution < -0.4 is 5.73 Å². The number of nitrogens with two attached hydrogens (primary N) is 1. The van der Waals surface area contributed by atoms with Gasteiger partial charge in [0.05, 0.1) is 27.5 Å². The van der Waals surface area contributed by atoms with E-state index >= 15 is 0 Å². The number of non-ortho nitro benzene ring substituents is 1. The van der Waals surface area contributed by atoms with E-state index in [4.69, 9.17) is 17.3 Å². The van der Waals surface area contributed by atoms with Gasteiger partial charge in [-0.2, -0.15) is 0 Å². The molecule has 0 amide bonds. The Morgan fingerprint density at radius 3 is 2.88 bits per heavy atom. The molecule has 0 fully saturated rings. The fraction of sp³-hybridized carbons (Fsp3) is 0.111. The molecule has 17 heavy (non-hydrogen) atoms. The lowest BCUT2D eigenvalue weighted by atomic mass is 10.3. The second kappa shape index (κ2) is 4.48. The van der Waals surface area contributed by atoms with E-state index in [1.165, 1.54) is 22.9 Å². The highest BCUT2D eigenvalue weighted by Crippen LogP contribution is 2.24. The van der Waals surface area contributed by atoms with Crippen molar-refractivity contribution in [3.8, 4) is 5.69 Å². The van der Waals surface area contributed by atoms with Gasteiger partial charge in [-0.1, -0.05) is 16.8 Å². The standard InChI is InChI=1S/C9H8ClN5O2/c10-8-2-1-7(15(16)17)3-9(8)14-5-6(4-11)12-13-14/h1-3,5H,4,11H2. The predicted molar refractivity (Wildman–Crippen MR) is 60.9 cm³/mol. The summed E-state index contributed by atoms with van der Waals surface area (Å²) in [6, 6.07) is 4.10. The minimum Gasteiger partial charge on any atom is -0.325 e. The molecular weight excluding hydrogens is 246 g/mol. The van der Waals surface area contributed by atoms with Gasteiger partial charge in [-0.05, 0) is 6.07 Å². The summed E-state index contributed by atoms with van der Waals surface area (Å²) in [6.45, 7) is 0.243. The molecule has 1 aromatic heterocycles. The van der Waals surface area contributed by atoms with Crippen molar-refractivity contribution in [2.75, 3.05) is 0 Å². The molecule has 0 aliphatic carbocycles. The molecule has 1 heterocycles. The number of benzene rings is 1. The lowest BCUT2D eigenvalue weighted by Crippen LogP contribution is -1.98. The van der Waals surface area contributed by atoms with Crippen molar-refractivity contribution in [2.24, 2.45) is 5.73 Å². The van der Waals surface area contributed by atoms with Crippen LogP contribution in [0.15, 0.2) is 24.4 Å². The van der Waals surface area contributed by atoms with Gasteiger partial charge in [-0.25, -0.2) is 4.68 Å². The van der Waals surface area contributed by atoms with Crippen molar-refractivity contribution in [2.45, 2.75) is 6.54 Å². The van der Waals surface area contributed by atoms with Gasteiger partial charge in [0.25, 0.3) is 5.69 Å². The van der Waals surface area contributed by atoms with Gasteiger partial charge in [0.1, 0.15) is 0 Å². The Bertz CT molecular complexity index is 568. The summed E-state index contributed by atoms with van der Waals surface area (Å²) in [5, 5.41) is 18.6.